The number of benzene rings is 1. The molecule has 2 unspecified atom stereocenters. The van der Waals surface area contributed by atoms with Crippen molar-refractivity contribution in [2.45, 2.75) is 25.4 Å². The molecule has 1 aromatic rings. The van der Waals surface area contributed by atoms with Gasteiger partial charge in [-0.2, -0.15) is 5.26 Å². The monoisotopic (exact) mass is 336 g/mol. The normalized spacial score (nSPS) is 19.5. The summed E-state index contributed by atoms with van der Waals surface area (Å²) in [5, 5.41) is 12.1. The van der Waals surface area contributed by atoms with Crippen LogP contribution in [0.15, 0.2) is 22.7 Å². The Kier molecular flexibility index (Phi) is 4.63. The maximum atomic E-state index is 11.6. The Bertz CT molecular complexity index is 553. The molecule has 106 valence electrons. The minimum Gasteiger partial charge on any atom is -0.368 e. The van der Waals surface area contributed by atoms with E-state index in [2.05, 4.69) is 32.2 Å². The fourth-order valence-corrected chi connectivity index (χ4v) is 2.66. The molecule has 0 bridgehead atoms. The Balaban J connectivity index is 2.07. The second-order valence-corrected chi connectivity index (χ2v) is 5.92. The Morgan fingerprint density at radius 3 is 3.05 bits per heavy atom. The van der Waals surface area contributed by atoms with Crippen molar-refractivity contribution in [2.75, 3.05) is 18.0 Å². The molecule has 6 heteroatoms. The van der Waals surface area contributed by atoms with Gasteiger partial charge in [0.05, 0.1) is 17.3 Å². The highest BCUT2D eigenvalue weighted by Crippen LogP contribution is 2.27. The van der Waals surface area contributed by atoms with Crippen LogP contribution in [-0.4, -0.2) is 31.1 Å². The van der Waals surface area contributed by atoms with Crippen molar-refractivity contribution >= 4 is 27.5 Å². The van der Waals surface area contributed by atoms with E-state index in [-0.39, 0.29) is 11.9 Å². The molecule has 2 rings (SSSR count). The molecule has 0 aliphatic carbocycles. The maximum Gasteiger partial charge on any atom is 0.236 e. The van der Waals surface area contributed by atoms with Crippen molar-refractivity contribution in [3.63, 3.8) is 0 Å². The minimum atomic E-state index is -0.494. The first-order valence-corrected chi connectivity index (χ1v) is 7.31. The number of nitrogens with zero attached hydrogens (tertiary/aromatic N) is 2. The average molecular weight is 337 g/mol. The largest absolute Gasteiger partial charge is 0.368 e. The van der Waals surface area contributed by atoms with Gasteiger partial charge >= 0.3 is 0 Å². The average Bonchev–Trinajstić information content (AvgIpc) is 2.86. The van der Waals surface area contributed by atoms with Crippen LogP contribution in [0.5, 0.6) is 0 Å². The van der Waals surface area contributed by atoms with Crippen LogP contribution in [0.25, 0.3) is 0 Å². The van der Waals surface area contributed by atoms with Gasteiger partial charge in [-0.05, 0) is 31.5 Å². The van der Waals surface area contributed by atoms with E-state index in [0.29, 0.717) is 12.1 Å². The summed E-state index contributed by atoms with van der Waals surface area (Å²) in [5.74, 6) is -0.131. The van der Waals surface area contributed by atoms with Crippen molar-refractivity contribution in [2.24, 2.45) is 5.73 Å². The van der Waals surface area contributed by atoms with Crippen LogP contribution in [0.2, 0.25) is 0 Å². The van der Waals surface area contributed by atoms with E-state index in [4.69, 9.17) is 5.73 Å². The molecular formula is C14H17BrN4O. The Labute approximate surface area is 126 Å². The van der Waals surface area contributed by atoms with E-state index in [1.807, 2.05) is 18.2 Å². The number of nitrogens with one attached hydrogen (secondary N) is 1. The van der Waals surface area contributed by atoms with Crippen LogP contribution in [0.1, 0.15) is 18.9 Å². The molecule has 1 aromatic carbocycles. The molecule has 1 saturated heterocycles. The summed E-state index contributed by atoms with van der Waals surface area (Å²) < 4.78 is 0.888. The van der Waals surface area contributed by atoms with Gasteiger partial charge in [-0.1, -0.05) is 15.9 Å². The lowest BCUT2D eigenvalue weighted by atomic mass is 10.2. The predicted octanol–water partition coefficient (Wildman–Crippen LogP) is 1.36. The Morgan fingerprint density at radius 2 is 2.40 bits per heavy atom. The van der Waals surface area contributed by atoms with Gasteiger partial charge in [-0.25, -0.2) is 0 Å². The van der Waals surface area contributed by atoms with Crippen molar-refractivity contribution in [3.8, 4) is 6.07 Å². The van der Waals surface area contributed by atoms with Crippen LogP contribution in [-0.2, 0) is 4.79 Å². The SMILES string of the molecule is CC(N)C(=O)NC1CCN(c2ccc(Br)cc2C#N)C1. The highest BCUT2D eigenvalue weighted by Gasteiger charge is 2.26. The van der Waals surface area contributed by atoms with E-state index in [1.165, 1.54) is 0 Å². The number of hydrogen-bond donors (Lipinski definition) is 2. The molecule has 0 radical (unpaired) electrons. The molecule has 1 amide bonds. The molecule has 0 saturated carbocycles. The number of amides is 1. The summed E-state index contributed by atoms with van der Waals surface area (Å²) in [7, 11) is 0. The standard InChI is InChI=1S/C14H17BrN4O/c1-9(17)14(20)18-12-4-5-19(8-12)13-3-2-11(15)6-10(13)7-16/h2-3,6,9,12H,4-5,8,17H2,1H3,(H,18,20). The molecule has 5 nitrogen and oxygen atoms in total. The zero-order valence-corrected chi connectivity index (χ0v) is 12.9. The van der Waals surface area contributed by atoms with Crippen LogP contribution in [0, 0.1) is 11.3 Å². The lowest BCUT2D eigenvalue weighted by molar-refractivity contribution is -0.122. The zero-order chi connectivity index (χ0) is 14.7. The number of carbonyl (C=O) groups excluding carboxylic acids is 1. The summed E-state index contributed by atoms with van der Waals surface area (Å²) in [4.78, 5) is 13.7. The van der Waals surface area contributed by atoms with Crippen LogP contribution >= 0.6 is 15.9 Å². The molecule has 1 heterocycles. The van der Waals surface area contributed by atoms with Crippen LogP contribution in [0.3, 0.4) is 0 Å². The van der Waals surface area contributed by atoms with Crippen molar-refractivity contribution in [1.29, 1.82) is 5.26 Å². The minimum absolute atomic E-state index is 0.0867. The fourth-order valence-electron chi connectivity index (χ4n) is 2.30. The van der Waals surface area contributed by atoms with E-state index in [0.717, 1.165) is 23.1 Å². The number of rotatable bonds is 3. The Hall–Kier alpha value is -1.58. The number of carbonyl (C=O) groups is 1. The highest BCUT2D eigenvalue weighted by atomic mass is 79.9. The van der Waals surface area contributed by atoms with Gasteiger partial charge in [0, 0.05) is 23.6 Å². The van der Waals surface area contributed by atoms with E-state index in [1.54, 1.807) is 6.92 Å². The van der Waals surface area contributed by atoms with Crippen LogP contribution in [0.4, 0.5) is 5.69 Å². The molecule has 3 N–H and O–H groups in total. The highest BCUT2D eigenvalue weighted by molar-refractivity contribution is 9.10. The van der Waals surface area contributed by atoms with E-state index < -0.39 is 6.04 Å². The first-order chi connectivity index (χ1) is 9.51. The van der Waals surface area contributed by atoms with Crippen molar-refractivity contribution < 1.29 is 4.79 Å². The van der Waals surface area contributed by atoms with Gasteiger partial charge in [-0.3, -0.25) is 4.79 Å². The predicted molar refractivity (Wildman–Crippen MR) is 81.3 cm³/mol. The fraction of sp³-hybridized carbons (Fsp3) is 0.429. The van der Waals surface area contributed by atoms with Gasteiger partial charge < -0.3 is 16.0 Å². The number of halogens is 1. The van der Waals surface area contributed by atoms with Gasteiger partial charge in [0.15, 0.2) is 0 Å². The van der Waals surface area contributed by atoms with Crippen LogP contribution < -0.4 is 16.0 Å². The van der Waals surface area contributed by atoms with Crippen molar-refractivity contribution in [1.82, 2.24) is 5.32 Å². The molecule has 20 heavy (non-hydrogen) atoms. The first-order valence-electron chi connectivity index (χ1n) is 6.52. The molecular weight excluding hydrogens is 320 g/mol. The summed E-state index contributed by atoms with van der Waals surface area (Å²) in [6, 6.07) is 7.46. The molecule has 0 spiro atoms. The quantitative estimate of drug-likeness (QED) is 0.873. The Morgan fingerprint density at radius 1 is 1.65 bits per heavy atom. The molecule has 1 aliphatic rings. The molecule has 0 aromatic heterocycles. The van der Waals surface area contributed by atoms with Gasteiger partial charge in [0.25, 0.3) is 0 Å². The molecule has 2 atom stereocenters. The second kappa shape index (κ2) is 6.25. The summed E-state index contributed by atoms with van der Waals surface area (Å²) in [6.45, 7) is 3.19. The van der Waals surface area contributed by atoms with E-state index in [9.17, 15) is 10.1 Å². The third-order valence-electron chi connectivity index (χ3n) is 3.37. The first kappa shape index (κ1) is 14.8. The third-order valence-corrected chi connectivity index (χ3v) is 3.86. The van der Waals surface area contributed by atoms with E-state index >= 15 is 0 Å². The summed E-state index contributed by atoms with van der Waals surface area (Å²) in [5.41, 5.74) is 7.10. The zero-order valence-electron chi connectivity index (χ0n) is 11.3. The van der Waals surface area contributed by atoms with Crippen molar-refractivity contribution in [3.05, 3.63) is 28.2 Å². The third kappa shape index (κ3) is 3.30. The molecule has 1 aliphatic heterocycles. The van der Waals surface area contributed by atoms with Gasteiger partial charge in [0.1, 0.15) is 6.07 Å². The number of nitriles is 1. The number of hydrogen-bond acceptors (Lipinski definition) is 4. The summed E-state index contributed by atoms with van der Waals surface area (Å²) >= 11 is 3.37. The summed E-state index contributed by atoms with van der Waals surface area (Å²) in [6.07, 6.45) is 0.861. The van der Waals surface area contributed by atoms with Gasteiger partial charge in [0.2, 0.25) is 5.91 Å². The van der Waals surface area contributed by atoms with Gasteiger partial charge in [-0.15, -0.1) is 0 Å². The lowest BCUT2D eigenvalue weighted by Crippen LogP contribution is -2.44. The lowest BCUT2D eigenvalue weighted by Gasteiger charge is -2.20. The second-order valence-electron chi connectivity index (χ2n) is 5.00. The number of nitrogens with two attached hydrogens (primary N) is 1. The molecule has 1 fully saturated rings. The topological polar surface area (TPSA) is 82.2 Å². The number of anilines is 1. The maximum absolute atomic E-state index is 11.6. The smallest absolute Gasteiger partial charge is 0.236 e.